The third-order valence-electron chi connectivity index (χ3n) is 3.99. The van der Waals surface area contributed by atoms with Crippen molar-refractivity contribution < 1.29 is 9.53 Å². The Hall–Kier alpha value is -2.25. The molecule has 22 heavy (non-hydrogen) atoms. The lowest BCUT2D eigenvalue weighted by molar-refractivity contribution is -0.125. The summed E-state index contributed by atoms with van der Waals surface area (Å²) >= 11 is 0. The fourth-order valence-corrected chi connectivity index (χ4v) is 2.56. The van der Waals surface area contributed by atoms with Gasteiger partial charge in [0.15, 0.2) is 0 Å². The average molecular weight is 298 g/mol. The molecule has 1 aliphatic heterocycles. The normalized spacial score (nSPS) is 16.3. The molecular formula is C18H22N2O2. The summed E-state index contributed by atoms with van der Waals surface area (Å²) in [5.74, 6) is 3.27. The van der Waals surface area contributed by atoms with E-state index < -0.39 is 0 Å². The smallest absolute Gasteiger partial charge is 0.237 e. The second kappa shape index (κ2) is 7.67. The number of hydrogen-bond acceptors (Lipinski definition) is 3. The summed E-state index contributed by atoms with van der Waals surface area (Å²) in [5.41, 5.74) is 2.53. The summed E-state index contributed by atoms with van der Waals surface area (Å²) in [4.78, 5) is 14.1. The molecule has 0 unspecified atom stereocenters. The van der Waals surface area contributed by atoms with E-state index in [2.05, 4.69) is 34.3 Å². The average Bonchev–Trinajstić information content (AvgIpc) is 2.59. The van der Waals surface area contributed by atoms with Gasteiger partial charge in [-0.15, -0.1) is 6.42 Å². The number of carbonyl (C=O) groups excluding carboxylic acids is 1. The first kappa shape index (κ1) is 16.1. The largest absolute Gasteiger partial charge is 0.497 e. The van der Waals surface area contributed by atoms with Gasteiger partial charge in [-0.05, 0) is 36.6 Å². The second-order valence-electron chi connectivity index (χ2n) is 5.30. The number of nitrogens with zero attached hydrogens (tertiary/aromatic N) is 1. The highest BCUT2D eigenvalue weighted by molar-refractivity contribution is 5.81. The van der Waals surface area contributed by atoms with Gasteiger partial charge in [-0.2, -0.15) is 0 Å². The maximum absolute atomic E-state index is 11.9. The quantitative estimate of drug-likeness (QED) is 0.845. The van der Waals surface area contributed by atoms with E-state index in [0.29, 0.717) is 0 Å². The van der Waals surface area contributed by atoms with Gasteiger partial charge in [0.1, 0.15) is 5.75 Å². The fourth-order valence-electron chi connectivity index (χ4n) is 2.56. The van der Waals surface area contributed by atoms with Gasteiger partial charge >= 0.3 is 0 Å². The molecule has 0 spiro atoms. The SMILES string of the molecule is C#CCNC(=O)[C@@H](C)N1CC=C(c2ccc(OC)cc2)CC1. The van der Waals surface area contributed by atoms with Crippen LogP contribution in [-0.4, -0.2) is 43.6 Å². The molecule has 0 radical (unpaired) electrons. The van der Waals surface area contributed by atoms with Gasteiger partial charge < -0.3 is 10.1 Å². The van der Waals surface area contributed by atoms with Gasteiger partial charge in [-0.25, -0.2) is 0 Å². The molecule has 1 aliphatic rings. The molecule has 1 aromatic carbocycles. The first-order chi connectivity index (χ1) is 10.7. The summed E-state index contributed by atoms with van der Waals surface area (Å²) in [5, 5.41) is 2.73. The molecule has 1 amide bonds. The molecule has 0 aliphatic carbocycles. The summed E-state index contributed by atoms with van der Waals surface area (Å²) in [6, 6.07) is 7.92. The lowest BCUT2D eigenvalue weighted by Gasteiger charge is -2.31. The van der Waals surface area contributed by atoms with Crippen LogP contribution in [0.1, 0.15) is 18.9 Å². The monoisotopic (exact) mass is 298 g/mol. The lowest BCUT2D eigenvalue weighted by atomic mass is 9.98. The zero-order valence-electron chi connectivity index (χ0n) is 13.1. The third-order valence-corrected chi connectivity index (χ3v) is 3.99. The number of carbonyl (C=O) groups is 1. The Balaban J connectivity index is 1.96. The molecule has 116 valence electrons. The molecule has 0 bridgehead atoms. The molecule has 2 rings (SSSR count). The van der Waals surface area contributed by atoms with Gasteiger partial charge in [0.05, 0.1) is 19.7 Å². The van der Waals surface area contributed by atoms with Gasteiger partial charge in [0.2, 0.25) is 5.91 Å². The Morgan fingerprint density at radius 3 is 2.73 bits per heavy atom. The second-order valence-corrected chi connectivity index (χ2v) is 5.30. The summed E-state index contributed by atoms with van der Waals surface area (Å²) in [6.45, 7) is 3.83. The molecule has 0 aromatic heterocycles. The number of rotatable bonds is 5. The highest BCUT2D eigenvalue weighted by Crippen LogP contribution is 2.25. The summed E-state index contributed by atoms with van der Waals surface area (Å²) in [7, 11) is 1.67. The van der Waals surface area contributed by atoms with E-state index >= 15 is 0 Å². The molecule has 0 saturated carbocycles. The van der Waals surface area contributed by atoms with E-state index in [1.807, 2.05) is 19.1 Å². The predicted molar refractivity (Wildman–Crippen MR) is 88.5 cm³/mol. The Morgan fingerprint density at radius 1 is 1.45 bits per heavy atom. The first-order valence-corrected chi connectivity index (χ1v) is 7.44. The van der Waals surface area contributed by atoms with Crippen LogP contribution in [0, 0.1) is 12.3 Å². The lowest BCUT2D eigenvalue weighted by Crippen LogP contribution is -2.46. The minimum Gasteiger partial charge on any atom is -0.497 e. The number of hydrogen-bond donors (Lipinski definition) is 1. The maximum Gasteiger partial charge on any atom is 0.237 e. The molecule has 1 N–H and O–H groups in total. The van der Waals surface area contributed by atoms with Crippen LogP contribution < -0.4 is 10.1 Å². The molecule has 1 aromatic rings. The van der Waals surface area contributed by atoms with Crippen molar-refractivity contribution in [2.75, 3.05) is 26.7 Å². The molecule has 4 heteroatoms. The van der Waals surface area contributed by atoms with E-state index in [9.17, 15) is 4.79 Å². The standard InChI is InChI=1S/C18H22N2O2/c1-4-11-19-18(21)14(2)20-12-9-16(10-13-20)15-5-7-17(22-3)8-6-15/h1,5-9,14H,10-13H2,2-3H3,(H,19,21)/t14-/m1/s1. The van der Waals surface area contributed by atoms with E-state index in [1.54, 1.807) is 7.11 Å². The van der Waals surface area contributed by atoms with Gasteiger partial charge in [0, 0.05) is 13.1 Å². The van der Waals surface area contributed by atoms with Crippen LogP contribution in [0.4, 0.5) is 0 Å². The van der Waals surface area contributed by atoms with Crippen molar-refractivity contribution in [3.05, 3.63) is 35.9 Å². The Labute approximate surface area is 132 Å². The minimum absolute atomic E-state index is 0.0146. The predicted octanol–water partition coefficient (Wildman–Crippen LogP) is 1.92. The van der Waals surface area contributed by atoms with E-state index in [0.717, 1.165) is 25.3 Å². The zero-order chi connectivity index (χ0) is 15.9. The molecule has 0 saturated heterocycles. The van der Waals surface area contributed by atoms with E-state index in [1.165, 1.54) is 11.1 Å². The van der Waals surface area contributed by atoms with Crippen LogP contribution in [0.25, 0.3) is 5.57 Å². The van der Waals surface area contributed by atoms with E-state index in [4.69, 9.17) is 11.2 Å². The van der Waals surface area contributed by atoms with Gasteiger partial charge in [0.25, 0.3) is 0 Å². The van der Waals surface area contributed by atoms with Crippen LogP contribution in [0.5, 0.6) is 5.75 Å². The topological polar surface area (TPSA) is 41.6 Å². The Morgan fingerprint density at radius 2 is 2.18 bits per heavy atom. The highest BCUT2D eigenvalue weighted by atomic mass is 16.5. The van der Waals surface area contributed by atoms with Crippen LogP contribution in [0.2, 0.25) is 0 Å². The van der Waals surface area contributed by atoms with Gasteiger partial charge in [-0.1, -0.05) is 24.1 Å². The van der Waals surface area contributed by atoms with Crippen molar-refractivity contribution in [1.29, 1.82) is 0 Å². The first-order valence-electron chi connectivity index (χ1n) is 7.44. The number of ether oxygens (including phenoxy) is 1. The number of terminal acetylenes is 1. The fraction of sp³-hybridized carbons (Fsp3) is 0.389. The van der Waals surface area contributed by atoms with Crippen LogP contribution in [-0.2, 0) is 4.79 Å². The minimum atomic E-state index is -0.165. The van der Waals surface area contributed by atoms with Crippen LogP contribution in [0.15, 0.2) is 30.3 Å². The molecule has 0 fully saturated rings. The molecular weight excluding hydrogens is 276 g/mol. The zero-order valence-corrected chi connectivity index (χ0v) is 13.1. The van der Waals surface area contributed by atoms with Crippen molar-refractivity contribution in [2.24, 2.45) is 0 Å². The highest BCUT2D eigenvalue weighted by Gasteiger charge is 2.22. The maximum atomic E-state index is 11.9. The van der Waals surface area contributed by atoms with Crippen molar-refractivity contribution in [2.45, 2.75) is 19.4 Å². The molecule has 1 atom stereocenters. The summed E-state index contributed by atoms with van der Waals surface area (Å²) in [6.07, 6.45) is 8.28. The number of benzene rings is 1. The van der Waals surface area contributed by atoms with Crippen molar-refractivity contribution in [3.8, 4) is 18.1 Å². The number of nitrogens with one attached hydrogen (secondary N) is 1. The van der Waals surface area contributed by atoms with Crippen LogP contribution in [0.3, 0.4) is 0 Å². The van der Waals surface area contributed by atoms with Gasteiger partial charge in [-0.3, -0.25) is 9.69 Å². The molecule has 1 heterocycles. The van der Waals surface area contributed by atoms with Crippen molar-refractivity contribution in [1.82, 2.24) is 10.2 Å². The van der Waals surface area contributed by atoms with E-state index in [-0.39, 0.29) is 18.5 Å². The number of amides is 1. The van der Waals surface area contributed by atoms with Crippen molar-refractivity contribution >= 4 is 11.5 Å². The molecule has 4 nitrogen and oxygen atoms in total. The van der Waals surface area contributed by atoms with Crippen LogP contribution >= 0.6 is 0 Å². The number of methoxy groups -OCH3 is 1. The Kier molecular flexibility index (Phi) is 5.62. The third kappa shape index (κ3) is 3.90. The van der Waals surface area contributed by atoms with Crippen molar-refractivity contribution in [3.63, 3.8) is 0 Å². The summed E-state index contributed by atoms with van der Waals surface area (Å²) < 4.78 is 5.18. The Bertz CT molecular complexity index is 584.